The van der Waals surface area contributed by atoms with E-state index < -0.39 is 5.97 Å². The van der Waals surface area contributed by atoms with Gasteiger partial charge in [0.25, 0.3) is 0 Å². The predicted molar refractivity (Wildman–Crippen MR) is 140 cm³/mol. The van der Waals surface area contributed by atoms with Gasteiger partial charge in [0.2, 0.25) is 17.7 Å². The average molecular weight is 504 g/mol. The Bertz CT molecular complexity index is 1350. The van der Waals surface area contributed by atoms with E-state index in [1.54, 1.807) is 18.2 Å². The van der Waals surface area contributed by atoms with Crippen LogP contribution in [0.5, 0.6) is 0 Å². The highest BCUT2D eigenvalue weighted by molar-refractivity contribution is 8.00. The lowest BCUT2D eigenvalue weighted by Crippen LogP contribution is -2.24. The monoisotopic (exact) mass is 503 g/mol. The zero-order valence-corrected chi connectivity index (χ0v) is 20.4. The summed E-state index contributed by atoms with van der Waals surface area (Å²) >= 11 is 1.40. The number of amides is 2. The fraction of sp³-hybridized carbons (Fsp3) is 0.185. The second kappa shape index (κ2) is 11.5. The number of anilines is 2. The van der Waals surface area contributed by atoms with Crippen LogP contribution in [-0.2, 0) is 14.4 Å². The van der Waals surface area contributed by atoms with Gasteiger partial charge in [-0.05, 0) is 61.0 Å². The third-order valence-corrected chi connectivity index (χ3v) is 6.68. The predicted octanol–water partition coefficient (Wildman–Crippen LogP) is 5.81. The zero-order chi connectivity index (χ0) is 25.5. The normalized spacial score (nSPS) is 11.7. The molecule has 0 spiro atoms. The number of hydrogen-bond acceptors (Lipinski definition) is 6. The maximum absolute atomic E-state index is 12.9. The van der Waals surface area contributed by atoms with E-state index in [9.17, 15) is 14.4 Å². The summed E-state index contributed by atoms with van der Waals surface area (Å²) in [6.45, 7) is 1.94. The summed E-state index contributed by atoms with van der Waals surface area (Å²) in [6, 6.07) is 22.0. The van der Waals surface area contributed by atoms with Crippen LogP contribution in [0.25, 0.3) is 22.6 Å². The van der Waals surface area contributed by atoms with Crippen molar-refractivity contribution in [2.24, 2.45) is 0 Å². The minimum absolute atomic E-state index is 0.0993. The molecule has 36 heavy (non-hydrogen) atoms. The van der Waals surface area contributed by atoms with Crippen LogP contribution >= 0.6 is 11.8 Å². The van der Waals surface area contributed by atoms with Crippen LogP contribution in [0.1, 0.15) is 26.2 Å². The van der Waals surface area contributed by atoms with Crippen LogP contribution in [0, 0.1) is 0 Å². The second-order valence-electron chi connectivity index (χ2n) is 8.04. The van der Waals surface area contributed by atoms with Crippen LogP contribution in [0.3, 0.4) is 0 Å². The molecule has 0 radical (unpaired) electrons. The van der Waals surface area contributed by atoms with E-state index in [4.69, 9.17) is 9.52 Å². The van der Waals surface area contributed by atoms with Crippen molar-refractivity contribution in [2.45, 2.75) is 36.3 Å². The number of carbonyl (C=O) groups excluding carboxylic acids is 2. The van der Waals surface area contributed by atoms with Crippen molar-refractivity contribution >= 4 is 52.0 Å². The smallest absolute Gasteiger partial charge is 0.303 e. The highest BCUT2D eigenvalue weighted by atomic mass is 32.2. The summed E-state index contributed by atoms with van der Waals surface area (Å²) in [6.07, 6.45) is 0.276. The maximum Gasteiger partial charge on any atom is 0.303 e. The van der Waals surface area contributed by atoms with Crippen molar-refractivity contribution in [1.29, 1.82) is 0 Å². The highest BCUT2D eigenvalue weighted by Crippen LogP contribution is 2.29. The number of para-hydroxylation sites is 2. The summed E-state index contributed by atoms with van der Waals surface area (Å²) < 4.78 is 5.80. The maximum atomic E-state index is 12.9. The van der Waals surface area contributed by atoms with Crippen molar-refractivity contribution in [2.75, 3.05) is 10.6 Å². The first kappa shape index (κ1) is 25.0. The van der Waals surface area contributed by atoms with Gasteiger partial charge in [0.1, 0.15) is 5.52 Å². The molecule has 184 valence electrons. The molecule has 1 unspecified atom stereocenters. The number of aromatic nitrogens is 1. The molecule has 0 bridgehead atoms. The van der Waals surface area contributed by atoms with Crippen LogP contribution in [0.15, 0.2) is 82.1 Å². The fourth-order valence-electron chi connectivity index (χ4n) is 3.49. The highest BCUT2D eigenvalue weighted by Gasteiger charge is 2.19. The van der Waals surface area contributed by atoms with Crippen molar-refractivity contribution in [3.05, 3.63) is 72.8 Å². The number of benzene rings is 3. The summed E-state index contributed by atoms with van der Waals surface area (Å²) in [4.78, 5) is 40.8. The van der Waals surface area contributed by atoms with Gasteiger partial charge in [0.15, 0.2) is 5.58 Å². The van der Waals surface area contributed by atoms with Gasteiger partial charge in [-0.2, -0.15) is 0 Å². The van der Waals surface area contributed by atoms with Gasteiger partial charge in [0.05, 0.1) is 11.7 Å². The van der Waals surface area contributed by atoms with E-state index in [1.807, 2.05) is 61.5 Å². The molecule has 3 aromatic carbocycles. The largest absolute Gasteiger partial charge is 0.481 e. The number of carboxylic acids is 1. The first-order valence-corrected chi connectivity index (χ1v) is 12.3. The quantitative estimate of drug-likeness (QED) is 0.234. The van der Waals surface area contributed by atoms with Crippen molar-refractivity contribution in [1.82, 2.24) is 4.98 Å². The molecule has 9 heteroatoms. The number of aliphatic carboxylic acids is 1. The fourth-order valence-corrected chi connectivity index (χ4v) is 4.51. The lowest BCUT2D eigenvalue weighted by atomic mass is 10.2. The zero-order valence-electron chi connectivity index (χ0n) is 19.6. The molecule has 0 saturated carbocycles. The van der Waals surface area contributed by atoms with Crippen molar-refractivity contribution in [3.8, 4) is 11.5 Å². The van der Waals surface area contributed by atoms with E-state index in [-0.39, 0.29) is 29.9 Å². The Hall–Kier alpha value is -4.11. The number of hydrogen-bond donors (Lipinski definition) is 3. The molecule has 4 aromatic rings. The summed E-state index contributed by atoms with van der Waals surface area (Å²) in [5.74, 6) is -1.00. The SMILES string of the molecule is CCC(Sc1cccc(NC(=O)CCC(=O)O)c1)C(=O)Nc1ccc(-c2nc3ccccc3o2)cc1. The van der Waals surface area contributed by atoms with Crippen molar-refractivity contribution < 1.29 is 23.9 Å². The number of carboxylic acid groups (broad SMARTS) is 1. The van der Waals surface area contributed by atoms with Crippen molar-refractivity contribution in [3.63, 3.8) is 0 Å². The third-order valence-electron chi connectivity index (χ3n) is 5.32. The molecule has 0 saturated heterocycles. The lowest BCUT2D eigenvalue weighted by molar-refractivity contribution is -0.138. The molecule has 3 N–H and O–H groups in total. The molecule has 8 nitrogen and oxygen atoms in total. The Morgan fingerprint density at radius 2 is 1.72 bits per heavy atom. The second-order valence-corrected chi connectivity index (χ2v) is 9.31. The Labute approximate surface area is 212 Å². The molecule has 1 aromatic heterocycles. The van der Waals surface area contributed by atoms with E-state index in [0.29, 0.717) is 23.7 Å². The lowest BCUT2D eigenvalue weighted by Gasteiger charge is -2.15. The van der Waals surface area contributed by atoms with Gasteiger partial charge in [-0.1, -0.05) is 25.1 Å². The summed E-state index contributed by atoms with van der Waals surface area (Å²) in [5.41, 5.74) is 3.54. The summed E-state index contributed by atoms with van der Waals surface area (Å²) in [7, 11) is 0. The Kier molecular flexibility index (Phi) is 8.02. The van der Waals surface area contributed by atoms with Crippen LogP contribution < -0.4 is 10.6 Å². The molecule has 0 aliphatic rings. The van der Waals surface area contributed by atoms with Gasteiger partial charge < -0.3 is 20.2 Å². The standard InChI is InChI=1S/C27H25N3O5S/c1-2-23(36-20-7-5-6-19(16-20)28-24(31)14-15-25(32)33)26(34)29-18-12-10-17(11-13-18)27-30-21-8-3-4-9-22(21)35-27/h3-13,16,23H,2,14-15H2,1H3,(H,28,31)(H,29,34)(H,32,33). The van der Waals surface area contributed by atoms with E-state index >= 15 is 0 Å². The Balaban J connectivity index is 1.37. The number of carbonyl (C=O) groups is 3. The first-order chi connectivity index (χ1) is 17.4. The number of oxazole rings is 1. The van der Waals surface area contributed by atoms with Crippen LogP contribution in [-0.4, -0.2) is 33.1 Å². The van der Waals surface area contributed by atoms with E-state index in [1.165, 1.54) is 11.8 Å². The number of thioether (sulfide) groups is 1. The van der Waals surface area contributed by atoms with Gasteiger partial charge in [-0.15, -0.1) is 11.8 Å². The molecule has 0 aliphatic carbocycles. The number of fused-ring (bicyclic) bond motifs is 1. The van der Waals surface area contributed by atoms with E-state index in [2.05, 4.69) is 15.6 Å². The van der Waals surface area contributed by atoms with Crippen LogP contribution in [0.2, 0.25) is 0 Å². The van der Waals surface area contributed by atoms with Gasteiger partial charge in [-0.25, -0.2) is 4.98 Å². The number of rotatable bonds is 10. The molecule has 4 rings (SSSR count). The molecular weight excluding hydrogens is 478 g/mol. The van der Waals surface area contributed by atoms with Gasteiger partial charge >= 0.3 is 5.97 Å². The Morgan fingerprint density at radius 1 is 0.944 bits per heavy atom. The molecule has 0 fully saturated rings. The molecule has 2 amide bonds. The average Bonchev–Trinajstić information content (AvgIpc) is 3.31. The molecule has 1 atom stereocenters. The molecular formula is C27H25N3O5S. The van der Waals surface area contributed by atoms with Crippen LogP contribution in [0.4, 0.5) is 11.4 Å². The number of nitrogens with one attached hydrogen (secondary N) is 2. The first-order valence-electron chi connectivity index (χ1n) is 11.5. The minimum atomic E-state index is -1.02. The molecule has 1 heterocycles. The van der Waals surface area contributed by atoms with Gasteiger partial charge in [0, 0.05) is 28.3 Å². The minimum Gasteiger partial charge on any atom is -0.481 e. The van der Waals surface area contributed by atoms with Gasteiger partial charge in [-0.3, -0.25) is 14.4 Å². The number of nitrogens with zero attached hydrogens (tertiary/aromatic N) is 1. The summed E-state index contributed by atoms with van der Waals surface area (Å²) in [5, 5.41) is 14.0. The Morgan fingerprint density at radius 3 is 2.44 bits per heavy atom. The van der Waals surface area contributed by atoms with E-state index in [0.717, 1.165) is 21.6 Å². The topological polar surface area (TPSA) is 122 Å². The molecule has 0 aliphatic heterocycles. The third kappa shape index (κ3) is 6.51.